The van der Waals surface area contributed by atoms with Gasteiger partial charge in [0.05, 0.1) is 0 Å². The van der Waals surface area contributed by atoms with E-state index in [1.807, 2.05) is 18.2 Å². The molecule has 2 aromatic carbocycles. The van der Waals surface area contributed by atoms with E-state index in [0.717, 1.165) is 25.2 Å². The molecule has 2 aliphatic heterocycles. The Bertz CT molecular complexity index is 731. The smallest absolute Gasteiger partial charge is 0.251 e. The molecule has 0 aliphatic carbocycles. The molecule has 0 radical (unpaired) electrons. The van der Waals surface area contributed by atoms with E-state index in [1.165, 1.54) is 11.6 Å². The average molecular weight is 310 g/mol. The monoisotopic (exact) mass is 310 g/mol. The van der Waals surface area contributed by atoms with Crippen LogP contribution in [0.25, 0.3) is 0 Å². The molecule has 4 rings (SSSR count). The van der Waals surface area contributed by atoms with Gasteiger partial charge in [0.15, 0.2) is 0 Å². The van der Waals surface area contributed by atoms with E-state index >= 15 is 0 Å². The summed E-state index contributed by atoms with van der Waals surface area (Å²) in [6.45, 7) is 3.35. The third-order valence-electron chi connectivity index (χ3n) is 4.95. The number of halogens is 1. The molecule has 0 spiro atoms. The lowest BCUT2D eigenvalue weighted by Crippen LogP contribution is -2.29. The maximum atomic E-state index is 13.7. The molecule has 2 aliphatic rings. The van der Waals surface area contributed by atoms with E-state index in [-0.39, 0.29) is 17.6 Å². The van der Waals surface area contributed by atoms with E-state index in [2.05, 4.69) is 22.3 Å². The highest BCUT2D eigenvalue weighted by Gasteiger charge is 2.38. The third kappa shape index (κ3) is 2.75. The molecule has 0 bridgehead atoms. The van der Waals surface area contributed by atoms with Crippen LogP contribution in [0, 0.1) is 11.7 Å². The van der Waals surface area contributed by atoms with Gasteiger partial charge in [0.2, 0.25) is 0 Å². The predicted octanol–water partition coefficient (Wildman–Crippen LogP) is 2.78. The highest BCUT2D eigenvalue weighted by atomic mass is 19.1. The van der Waals surface area contributed by atoms with Crippen molar-refractivity contribution in [3.63, 3.8) is 0 Å². The number of nitrogens with one attached hydrogen (secondary N) is 1. The number of carbonyl (C=O) groups excluding carboxylic acids is 1. The zero-order valence-corrected chi connectivity index (χ0v) is 12.8. The number of hydrogen-bond donors (Lipinski definition) is 1. The Morgan fingerprint density at radius 3 is 2.78 bits per heavy atom. The predicted molar refractivity (Wildman–Crippen MR) is 86.7 cm³/mol. The van der Waals surface area contributed by atoms with Crippen LogP contribution in [0.1, 0.15) is 27.4 Å². The molecule has 0 aromatic heterocycles. The lowest BCUT2D eigenvalue weighted by Gasteiger charge is -2.17. The summed E-state index contributed by atoms with van der Waals surface area (Å²) in [6.07, 6.45) is 0. The number of fused-ring (bicyclic) bond motifs is 3. The third-order valence-corrected chi connectivity index (χ3v) is 4.95. The van der Waals surface area contributed by atoms with Crippen molar-refractivity contribution >= 4 is 5.91 Å². The summed E-state index contributed by atoms with van der Waals surface area (Å²) < 4.78 is 13.7. The fraction of sp³-hybridized carbons (Fsp3) is 0.316. The van der Waals surface area contributed by atoms with Gasteiger partial charge in [0, 0.05) is 37.7 Å². The summed E-state index contributed by atoms with van der Waals surface area (Å²) in [5.41, 5.74) is 2.77. The van der Waals surface area contributed by atoms with Crippen LogP contribution < -0.4 is 5.32 Å². The minimum atomic E-state index is -0.265. The van der Waals surface area contributed by atoms with Crippen LogP contribution in [0.2, 0.25) is 0 Å². The Labute approximate surface area is 135 Å². The van der Waals surface area contributed by atoms with Gasteiger partial charge in [-0.1, -0.05) is 30.3 Å². The van der Waals surface area contributed by atoms with Crippen molar-refractivity contribution in [3.05, 3.63) is 71.0 Å². The maximum absolute atomic E-state index is 13.7. The number of carbonyl (C=O) groups is 1. The molecule has 3 nitrogen and oxygen atoms in total. The second kappa shape index (κ2) is 5.78. The van der Waals surface area contributed by atoms with E-state index in [0.29, 0.717) is 18.0 Å². The van der Waals surface area contributed by atoms with Crippen molar-refractivity contribution < 1.29 is 9.18 Å². The minimum absolute atomic E-state index is 0.0796. The first kappa shape index (κ1) is 14.4. The standard InChI is InChI=1S/C19H19FN2O/c20-15-6-7-16-17(8-15)18-12-22(10-13-4-2-1-3-5-13)11-14(18)9-21-19(16)23/h1-8,14,18H,9-12H2,(H,21,23)/t14-,18-/m0/s1. The van der Waals surface area contributed by atoms with Crippen molar-refractivity contribution in [1.29, 1.82) is 0 Å². The van der Waals surface area contributed by atoms with Crippen molar-refractivity contribution in [3.8, 4) is 0 Å². The van der Waals surface area contributed by atoms with E-state index in [1.54, 1.807) is 12.1 Å². The molecule has 2 atom stereocenters. The molecular weight excluding hydrogens is 291 g/mol. The van der Waals surface area contributed by atoms with Gasteiger partial charge in [0.1, 0.15) is 5.82 Å². The quantitative estimate of drug-likeness (QED) is 0.925. The van der Waals surface area contributed by atoms with E-state index in [9.17, 15) is 9.18 Å². The second-order valence-corrected chi connectivity index (χ2v) is 6.49. The molecule has 2 aromatic rings. The number of amides is 1. The van der Waals surface area contributed by atoms with Gasteiger partial charge in [-0.3, -0.25) is 9.69 Å². The topological polar surface area (TPSA) is 32.3 Å². The number of benzene rings is 2. The SMILES string of the molecule is O=C1NC[C@H]2CN(Cc3ccccc3)C[C@@H]2c2cc(F)ccc21. The highest BCUT2D eigenvalue weighted by molar-refractivity contribution is 5.96. The lowest BCUT2D eigenvalue weighted by molar-refractivity contribution is 0.0951. The summed E-state index contributed by atoms with van der Waals surface area (Å²) in [4.78, 5) is 14.6. The summed E-state index contributed by atoms with van der Waals surface area (Å²) in [5, 5.41) is 2.99. The zero-order valence-electron chi connectivity index (χ0n) is 12.8. The Morgan fingerprint density at radius 2 is 1.96 bits per heavy atom. The molecule has 2 heterocycles. The molecular formula is C19H19FN2O. The van der Waals surface area contributed by atoms with Crippen molar-refractivity contribution in [1.82, 2.24) is 10.2 Å². The largest absolute Gasteiger partial charge is 0.352 e. The van der Waals surface area contributed by atoms with Crippen LogP contribution >= 0.6 is 0 Å². The first-order valence-corrected chi connectivity index (χ1v) is 8.04. The molecule has 0 saturated carbocycles. The Balaban J connectivity index is 1.61. The Kier molecular flexibility index (Phi) is 3.62. The summed E-state index contributed by atoms with van der Waals surface area (Å²) in [7, 11) is 0. The molecule has 118 valence electrons. The van der Waals surface area contributed by atoms with Crippen LogP contribution in [0.15, 0.2) is 48.5 Å². The molecule has 1 fully saturated rings. The molecule has 1 saturated heterocycles. The summed E-state index contributed by atoms with van der Waals surface area (Å²) >= 11 is 0. The van der Waals surface area contributed by atoms with Crippen LogP contribution in [0.4, 0.5) is 4.39 Å². The molecule has 0 unspecified atom stereocenters. The van der Waals surface area contributed by atoms with Crippen molar-refractivity contribution in [2.45, 2.75) is 12.5 Å². The van der Waals surface area contributed by atoms with Gasteiger partial charge in [-0.2, -0.15) is 0 Å². The molecule has 1 N–H and O–H groups in total. The first-order chi connectivity index (χ1) is 11.2. The Hall–Kier alpha value is -2.20. The molecule has 23 heavy (non-hydrogen) atoms. The summed E-state index contributed by atoms with van der Waals surface area (Å²) in [5.74, 6) is 0.205. The van der Waals surface area contributed by atoms with Crippen LogP contribution in [0.3, 0.4) is 0 Å². The fourth-order valence-corrected chi connectivity index (χ4v) is 3.86. The number of nitrogens with zero attached hydrogens (tertiary/aromatic N) is 1. The van der Waals surface area contributed by atoms with Crippen molar-refractivity contribution in [2.75, 3.05) is 19.6 Å². The van der Waals surface area contributed by atoms with Gasteiger partial charge >= 0.3 is 0 Å². The van der Waals surface area contributed by atoms with Gasteiger partial charge in [0.25, 0.3) is 5.91 Å². The van der Waals surface area contributed by atoms with Gasteiger partial charge < -0.3 is 5.32 Å². The van der Waals surface area contributed by atoms with E-state index in [4.69, 9.17) is 0 Å². The summed E-state index contributed by atoms with van der Waals surface area (Å²) in [6, 6.07) is 14.9. The Morgan fingerprint density at radius 1 is 1.13 bits per heavy atom. The first-order valence-electron chi connectivity index (χ1n) is 8.04. The average Bonchev–Trinajstić information content (AvgIpc) is 2.91. The van der Waals surface area contributed by atoms with Crippen LogP contribution in [0.5, 0.6) is 0 Å². The number of likely N-dealkylation sites (tertiary alicyclic amines) is 1. The molecule has 4 heteroatoms. The maximum Gasteiger partial charge on any atom is 0.251 e. The fourth-order valence-electron chi connectivity index (χ4n) is 3.86. The lowest BCUT2D eigenvalue weighted by atomic mass is 9.87. The minimum Gasteiger partial charge on any atom is -0.352 e. The normalized spacial score (nSPS) is 23.8. The van der Waals surface area contributed by atoms with Gasteiger partial charge in [-0.25, -0.2) is 4.39 Å². The van der Waals surface area contributed by atoms with Crippen LogP contribution in [-0.4, -0.2) is 30.4 Å². The molecule has 1 amide bonds. The second-order valence-electron chi connectivity index (χ2n) is 6.49. The van der Waals surface area contributed by atoms with Crippen molar-refractivity contribution in [2.24, 2.45) is 5.92 Å². The van der Waals surface area contributed by atoms with Gasteiger partial charge in [-0.15, -0.1) is 0 Å². The number of hydrogen-bond acceptors (Lipinski definition) is 2. The number of rotatable bonds is 2. The zero-order chi connectivity index (χ0) is 15.8. The van der Waals surface area contributed by atoms with Crippen LogP contribution in [-0.2, 0) is 6.54 Å². The van der Waals surface area contributed by atoms with E-state index < -0.39 is 0 Å². The highest BCUT2D eigenvalue weighted by Crippen LogP contribution is 2.36. The van der Waals surface area contributed by atoms with Gasteiger partial charge in [-0.05, 0) is 35.2 Å².